The highest BCUT2D eigenvalue weighted by Crippen LogP contribution is 2.74. The summed E-state index contributed by atoms with van der Waals surface area (Å²) in [5.74, 6) is 3.33. The molecule has 7 rings (SSSR count). The first-order valence-electron chi connectivity index (χ1n) is 15.1. The lowest BCUT2D eigenvalue weighted by Gasteiger charge is -2.70. The third kappa shape index (κ3) is 2.72. The summed E-state index contributed by atoms with van der Waals surface area (Å²) in [6.45, 7) is 17.0. The van der Waals surface area contributed by atoms with Crippen molar-refractivity contribution in [1.82, 2.24) is 14.9 Å². The Morgan fingerprint density at radius 1 is 1.03 bits per heavy atom. The molecule has 2 aromatic heterocycles. The minimum Gasteiger partial charge on any atom is -0.361 e. The molecule has 5 nitrogen and oxygen atoms in total. The van der Waals surface area contributed by atoms with Crippen LogP contribution in [0.1, 0.15) is 98.3 Å². The number of ketones is 1. The van der Waals surface area contributed by atoms with Gasteiger partial charge in [-0.1, -0.05) is 59.2 Å². The normalized spacial score (nSPS) is 47.2. The largest absolute Gasteiger partial charge is 0.361 e. The van der Waals surface area contributed by atoms with Crippen LogP contribution >= 0.6 is 0 Å². The summed E-state index contributed by atoms with van der Waals surface area (Å²) in [4.78, 5) is 14.7. The van der Waals surface area contributed by atoms with E-state index in [1.807, 2.05) is 12.4 Å². The monoisotopic (exact) mass is 515 g/mol. The molecule has 0 unspecified atom stereocenters. The molecule has 2 heterocycles. The first-order valence-corrected chi connectivity index (χ1v) is 15.1. The van der Waals surface area contributed by atoms with Gasteiger partial charge in [0.2, 0.25) is 0 Å². The molecule has 0 N–H and O–H groups in total. The fourth-order valence-electron chi connectivity index (χ4n) is 11.4. The number of allylic oxidation sites excluding steroid dienone is 2. The Morgan fingerprint density at radius 2 is 1.82 bits per heavy atom. The molecule has 2 aromatic rings. The van der Waals surface area contributed by atoms with Crippen molar-refractivity contribution < 1.29 is 9.32 Å². The van der Waals surface area contributed by atoms with E-state index in [0.717, 1.165) is 44.3 Å². The van der Waals surface area contributed by atoms with Gasteiger partial charge < -0.3 is 4.52 Å². The van der Waals surface area contributed by atoms with E-state index in [4.69, 9.17) is 9.62 Å². The van der Waals surface area contributed by atoms with Gasteiger partial charge in [0.05, 0.1) is 11.7 Å². The van der Waals surface area contributed by atoms with Gasteiger partial charge in [-0.05, 0) is 97.0 Å². The quantitative estimate of drug-likeness (QED) is 0.405. The minimum atomic E-state index is -0.100. The zero-order valence-electron chi connectivity index (χ0n) is 24.4. The molecule has 0 aliphatic heterocycles. The zero-order valence-corrected chi connectivity index (χ0v) is 24.4. The van der Waals surface area contributed by atoms with E-state index in [2.05, 4.69) is 76.6 Å². The van der Waals surface area contributed by atoms with Crippen LogP contribution < -0.4 is 0 Å². The Hall–Kier alpha value is -2.17. The van der Waals surface area contributed by atoms with E-state index in [9.17, 15) is 4.79 Å². The zero-order chi connectivity index (χ0) is 26.9. The number of hydrogen-bond donors (Lipinski definition) is 0. The van der Waals surface area contributed by atoms with E-state index < -0.39 is 0 Å². The maximum absolute atomic E-state index is 14.7. The number of nitrogens with zero attached hydrogens (tertiary/aromatic N) is 3. The highest BCUT2D eigenvalue weighted by atomic mass is 16.5. The second-order valence-corrected chi connectivity index (χ2v) is 15.2. The number of fused-ring (bicyclic) bond motifs is 8. The molecule has 3 fully saturated rings. The third-order valence-corrected chi connectivity index (χ3v) is 13.6. The highest BCUT2D eigenvalue weighted by molar-refractivity contribution is 5.95. The molecule has 204 valence electrons. The summed E-state index contributed by atoms with van der Waals surface area (Å²) in [5.41, 5.74) is 2.37. The molecule has 0 amide bonds. The van der Waals surface area contributed by atoms with Crippen molar-refractivity contribution in [2.45, 2.75) is 104 Å². The highest BCUT2D eigenvalue weighted by Gasteiger charge is 2.70. The van der Waals surface area contributed by atoms with Crippen molar-refractivity contribution in [3.63, 3.8) is 0 Å². The Labute approximate surface area is 227 Å². The van der Waals surface area contributed by atoms with E-state index in [1.54, 1.807) is 0 Å². The lowest BCUT2D eigenvalue weighted by Crippen LogP contribution is -2.67. The summed E-state index contributed by atoms with van der Waals surface area (Å²) in [6.07, 6.45) is 16.0. The predicted molar refractivity (Wildman–Crippen MR) is 147 cm³/mol. The Morgan fingerprint density at radius 3 is 2.55 bits per heavy atom. The SMILES string of the molecule is C[C@@H]1[C@H]2[C@H]3C(=O)C=C4[C@@]5(C)Cc6cnoc6C(C)(C)[C@@H]5CC[C@@]4(C)[C@]3(C)CC[C@@]2(n2cccn2)CC[C@H]1C. The smallest absolute Gasteiger partial charge is 0.159 e. The van der Waals surface area contributed by atoms with E-state index in [0.29, 0.717) is 29.5 Å². The average Bonchev–Trinajstić information content (AvgIpc) is 3.56. The fraction of sp³-hybridized carbons (Fsp3) is 0.727. The van der Waals surface area contributed by atoms with Gasteiger partial charge in [-0.25, -0.2) is 0 Å². The standard InChI is InChI=1S/C33H45N3O2/c1-20-9-12-33(36-16-8-15-34-36)14-13-32(7)27(26(33)21(20)2)23(37)17-25-30(5)18-22-19-35-38-28(22)29(3,4)24(30)10-11-31(25,32)6/h8,15-17,19-21,24,26-27H,9-14,18H2,1-7H3/t20-,21+,24+,26+,27-,30+,31-,32-,33+/m1/s1. The van der Waals surface area contributed by atoms with Gasteiger partial charge in [-0.15, -0.1) is 0 Å². The van der Waals surface area contributed by atoms with Crippen LogP contribution in [0.25, 0.3) is 0 Å². The third-order valence-electron chi connectivity index (χ3n) is 13.6. The molecular weight excluding hydrogens is 470 g/mol. The molecule has 0 aromatic carbocycles. The van der Waals surface area contributed by atoms with Crippen molar-refractivity contribution >= 4 is 5.78 Å². The summed E-state index contributed by atoms with van der Waals surface area (Å²) >= 11 is 0. The second kappa shape index (κ2) is 7.52. The number of carbonyl (C=O) groups is 1. The Kier molecular flexibility index (Phi) is 4.91. The molecule has 0 saturated heterocycles. The molecular formula is C33H45N3O2. The van der Waals surface area contributed by atoms with Crippen LogP contribution in [0.2, 0.25) is 0 Å². The number of aromatic nitrogens is 3. The first-order chi connectivity index (χ1) is 17.9. The van der Waals surface area contributed by atoms with E-state index in [-0.39, 0.29) is 33.1 Å². The molecule has 0 radical (unpaired) electrons. The van der Waals surface area contributed by atoms with Crippen molar-refractivity contribution in [3.05, 3.63) is 47.6 Å². The van der Waals surface area contributed by atoms with Crippen molar-refractivity contribution in [3.8, 4) is 0 Å². The number of rotatable bonds is 1. The first kappa shape index (κ1) is 24.8. The summed E-state index contributed by atoms with van der Waals surface area (Å²) in [7, 11) is 0. The summed E-state index contributed by atoms with van der Waals surface area (Å²) < 4.78 is 8.10. The predicted octanol–water partition coefficient (Wildman–Crippen LogP) is 7.13. The minimum absolute atomic E-state index is 0.00173. The van der Waals surface area contributed by atoms with Gasteiger partial charge in [0.15, 0.2) is 5.78 Å². The van der Waals surface area contributed by atoms with Crippen LogP contribution in [-0.4, -0.2) is 20.7 Å². The maximum atomic E-state index is 14.7. The van der Waals surface area contributed by atoms with Crippen molar-refractivity contribution in [1.29, 1.82) is 0 Å². The topological polar surface area (TPSA) is 60.9 Å². The molecule has 5 aliphatic rings. The van der Waals surface area contributed by atoms with Crippen molar-refractivity contribution in [2.75, 3.05) is 0 Å². The molecule has 38 heavy (non-hydrogen) atoms. The summed E-state index contributed by atoms with van der Waals surface area (Å²) in [6, 6.07) is 2.07. The van der Waals surface area contributed by atoms with Crippen LogP contribution in [0.15, 0.2) is 40.8 Å². The van der Waals surface area contributed by atoms with Gasteiger partial charge >= 0.3 is 0 Å². The van der Waals surface area contributed by atoms with Crippen LogP contribution in [0.5, 0.6) is 0 Å². The number of hydrogen-bond acceptors (Lipinski definition) is 4. The maximum Gasteiger partial charge on any atom is 0.159 e. The van der Waals surface area contributed by atoms with Crippen LogP contribution in [-0.2, 0) is 22.2 Å². The number of carbonyl (C=O) groups excluding carboxylic acids is 1. The van der Waals surface area contributed by atoms with Crippen LogP contribution in [0, 0.1) is 45.8 Å². The Balaban J connectivity index is 1.40. The molecule has 5 heteroatoms. The van der Waals surface area contributed by atoms with E-state index >= 15 is 0 Å². The Bertz CT molecular complexity index is 1320. The average molecular weight is 516 g/mol. The summed E-state index contributed by atoms with van der Waals surface area (Å²) in [5, 5.41) is 9.06. The van der Waals surface area contributed by atoms with E-state index in [1.165, 1.54) is 17.6 Å². The van der Waals surface area contributed by atoms with Gasteiger partial charge in [-0.2, -0.15) is 5.10 Å². The molecule has 9 atom stereocenters. The fourth-order valence-corrected chi connectivity index (χ4v) is 11.4. The van der Waals surface area contributed by atoms with Crippen molar-refractivity contribution in [2.24, 2.45) is 45.8 Å². The molecule has 0 spiro atoms. The van der Waals surface area contributed by atoms with Gasteiger partial charge in [0.25, 0.3) is 0 Å². The lowest BCUT2D eigenvalue weighted by atomic mass is 9.34. The van der Waals surface area contributed by atoms with Gasteiger partial charge in [0.1, 0.15) is 5.76 Å². The molecule has 5 aliphatic carbocycles. The molecule has 0 bridgehead atoms. The molecule has 3 saturated carbocycles. The lowest BCUT2D eigenvalue weighted by molar-refractivity contribution is -0.175. The van der Waals surface area contributed by atoms with Gasteiger partial charge in [-0.3, -0.25) is 9.48 Å². The van der Waals surface area contributed by atoms with Crippen LogP contribution in [0.3, 0.4) is 0 Å². The second-order valence-electron chi connectivity index (χ2n) is 15.2. The van der Waals surface area contributed by atoms with Gasteiger partial charge in [0, 0.05) is 29.3 Å². The van der Waals surface area contributed by atoms with Crippen LogP contribution in [0.4, 0.5) is 0 Å².